The Hall–Kier alpha value is -1.62. The first kappa shape index (κ1) is 14.8. The van der Waals surface area contributed by atoms with E-state index in [9.17, 15) is 9.18 Å². The molecular formula is C15H21FN2O2. The molecule has 0 aliphatic heterocycles. The van der Waals surface area contributed by atoms with Crippen molar-refractivity contribution in [3.05, 3.63) is 29.6 Å². The standard InChI is InChI=1S/C15H21FN2O2/c16-12-6-7-14(11(8-12)9-17)20-10-15(19)18-13-4-2-1-3-5-13/h6-8,13H,1-5,9-10,17H2,(H,18,19). The number of ether oxygens (including phenoxy) is 1. The highest BCUT2D eigenvalue weighted by molar-refractivity contribution is 5.77. The number of carbonyl (C=O) groups is 1. The lowest BCUT2D eigenvalue weighted by Gasteiger charge is -2.22. The second-order valence-corrected chi connectivity index (χ2v) is 5.15. The Kier molecular flexibility index (Phi) is 5.35. The van der Waals surface area contributed by atoms with Gasteiger partial charge in [0.05, 0.1) is 0 Å². The summed E-state index contributed by atoms with van der Waals surface area (Å²) in [5.41, 5.74) is 6.09. The summed E-state index contributed by atoms with van der Waals surface area (Å²) in [6.45, 7) is 0.118. The monoisotopic (exact) mass is 280 g/mol. The van der Waals surface area contributed by atoms with Crippen molar-refractivity contribution in [1.29, 1.82) is 0 Å². The first-order valence-electron chi connectivity index (χ1n) is 7.09. The van der Waals surface area contributed by atoms with Crippen molar-refractivity contribution in [3.8, 4) is 5.75 Å². The van der Waals surface area contributed by atoms with Gasteiger partial charge in [0, 0.05) is 18.2 Å². The van der Waals surface area contributed by atoms with Crippen LogP contribution in [0.4, 0.5) is 4.39 Å². The van der Waals surface area contributed by atoms with Crippen molar-refractivity contribution in [1.82, 2.24) is 5.32 Å². The predicted molar refractivity (Wildman–Crippen MR) is 74.8 cm³/mol. The van der Waals surface area contributed by atoms with Crippen LogP contribution in [-0.4, -0.2) is 18.6 Å². The van der Waals surface area contributed by atoms with Gasteiger partial charge in [0.15, 0.2) is 6.61 Å². The van der Waals surface area contributed by atoms with E-state index in [1.807, 2.05) is 0 Å². The molecule has 0 aromatic heterocycles. The highest BCUT2D eigenvalue weighted by Gasteiger charge is 2.16. The fourth-order valence-corrected chi connectivity index (χ4v) is 2.51. The Bertz CT molecular complexity index is 459. The van der Waals surface area contributed by atoms with E-state index in [0.717, 1.165) is 12.8 Å². The molecule has 0 heterocycles. The molecule has 1 aromatic rings. The smallest absolute Gasteiger partial charge is 0.258 e. The quantitative estimate of drug-likeness (QED) is 0.868. The van der Waals surface area contributed by atoms with Crippen LogP contribution in [0, 0.1) is 5.82 Å². The lowest BCUT2D eigenvalue weighted by Crippen LogP contribution is -2.39. The number of amides is 1. The molecule has 1 saturated carbocycles. The number of halogens is 1. The first-order chi connectivity index (χ1) is 9.69. The minimum absolute atomic E-state index is 0.0604. The molecule has 1 aromatic carbocycles. The summed E-state index contributed by atoms with van der Waals surface area (Å²) >= 11 is 0. The third-order valence-corrected chi connectivity index (χ3v) is 3.57. The number of benzene rings is 1. The normalized spacial score (nSPS) is 15.9. The number of carbonyl (C=O) groups excluding carboxylic acids is 1. The third kappa shape index (κ3) is 4.20. The minimum Gasteiger partial charge on any atom is -0.483 e. The van der Waals surface area contributed by atoms with Crippen LogP contribution in [0.2, 0.25) is 0 Å². The van der Waals surface area contributed by atoms with Crippen LogP contribution >= 0.6 is 0 Å². The molecule has 1 fully saturated rings. The maximum atomic E-state index is 13.1. The molecule has 2 rings (SSSR count). The van der Waals surface area contributed by atoms with E-state index in [0.29, 0.717) is 11.3 Å². The van der Waals surface area contributed by atoms with E-state index < -0.39 is 0 Å². The Morgan fingerprint density at radius 3 is 2.80 bits per heavy atom. The van der Waals surface area contributed by atoms with Gasteiger partial charge in [0.1, 0.15) is 11.6 Å². The molecule has 0 unspecified atom stereocenters. The van der Waals surface area contributed by atoms with Gasteiger partial charge in [-0.2, -0.15) is 0 Å². The zero-order valence-electron chi connectivity index (χ0n) is 11.5. The summed E-state index contributed by atoms with van der Waals surface area (Å²) in [4.78, 5) is 11.8. The first-order valence-corrected chi connectivity index (χ1v) is 7.09. The van der Waals surface area contributed by atoms with Crippen LogP contribution in [0.3, 0.4) is 0 Å². The van der Waals surface area contributed by atoms with Crippen molar-refractivity contribution in [2.45, 2.75) is 44.7 Å². The van der Waals surface area contributed by atoms with Gasteiger partial charge in [0.25, 0.3) is 5.91 Å². The van der Waals surface area contributed by atoms with Gasteiger partial charge in [-0.3, -0.25) is 4.79 Å². The zero-order valence-corrected chi connectivity index (χ0v) is 11.5. The topological polar surface area (TPSA) is 64.3 Å². The zero-order chi connectivity index (χ0) is 14.4. The van der Waals surface area contributed by atoms with E-state index in [1.54, 1.807) is 0 Å². The summed E-state index contributed by atoms with van der Waals surface area (Å²) in [7, 11) is 0. The van der Waals surface area contributed by atoms with Crippen LogP contribution in [0.1, 0.15) is 37.7 Å². The summed E-state index contributed by atoms with van der Waals surface area (Å²) in [6, 6.07) is 4.40. The van der Waals surface area contributed by atoms with E-state index in [4.69, 9.17) is 10.5 Å². The van der Waals surface area contributed by atoms with E-state index in [1.165, 1.54) is 37.5 Å². The molecule has 0 saturated heterocycles. The van der Waals surface area contributed by atoms with Crippen LogP contribution in [-0.2, 0) is 11.3 Å². The van der Waals surface area contributed by atoms with Gasteiger partial charge in [-0.15, -0.1) is 0 Å². The highest BCUT2D eigenvalue weighted by atomic mass is 19.1. The fraction of sp³-hybridized carbons (Fsp3) is 0.533. The van der Waals surface area contributed by atoms with Crippen molar-refractivity contribution in [2.75, 3.05) is 6.61 Å². The number of hydrogen-bond donors (Lipinski definition) is 2. The van der Waals surface area contributed by atoms with E-state index >= 15 is 0 Å². The van der Waals surface area contributed by atoms with Crippen molar-refractivity contribution >= 4 is 5.91 Å². The SMILES string of the molecule is NCc1cc(F)ccc1OCC(=O)NC1CCCCC1. The second kappa shape index (κ2) is 7.24. The van der Waals surface area contributed by atoms with Crippen LogP contribution in [0.25, 0.3) is 0 Å². The lowest BCUT2D eigenvalue weighted by molar-refractivity contribution is -0.124. The average Bonchev–Trinajstić information content (AvgIpc) is 2.47. The Balaban J connectivity index is 1.83. The van der Waals surface area contributed by atoms with Gasteiger partial charge in [0.2, 0.25) is 0 Å². The Morgan fingerprint density at radius 2 is 2.10 bits per heavy atom. The van der Waals surface area contributed by atoms with Crippen LogP contribution < -0.4 is 15.8 Å². The molecule has 1 amide bonds. The molecule has 5 heteroatoms. The summed E-state index contributed by atoms with van der Waals surface area (Å²) in [5.74, 6) is -0.0265. The molecule has 20 heavy (non-hydrogen) atoms. The highest BCUT2D eigenvalue weighted by Crippen LogP contribution is 2.19. The van der Waals surface area contributed by atoms with Gasteiger partial charge >= 0.3 is 0 Å². The molecule has 0 atom stereocenters. The van der Waals surface area contributed by atoms with Crippen LogP contribution in [0.15, 0.2) is 18.2 Å². The molecule has 1 aliphatic rings. The molecule has 4 nitrogen and oxygen atoms in total. The van der Waals surface area contributed by atoms with Gasteiger partial charge < -0.3 is 15.8 Å². The molecule has 0 radical (unpaired) electrons. The fourth-order valence-electron chi connectivity index (χ4n) is 2.51. The lowest BCUT2D eigenvalue weighted by atomic mass is 9.95. The molecule has 0 spiro atoms. The molecule has 1 aliphatic carbocycles. The predicted octanol–water partition coefficient (Wildman–Crippen LogP) is 2.11. The molecular weight excluding hydrogens is 259 g/mol. The summed E-state index contributed by atoms with van der Waals surface area (Å²) < 4.78 is 18.5. The van der Waals surface area contributed by atoms with Crippen molar-refractivity contribution < 1.29 is 13.9 Å². The maximum absolute atomic E-state index is 13.1. The summed E-state index contributed by atoms with van der Waals surface area (Å²) in [6.07, 6.45) is 5.66. The molecule has 3 N–H and O–H groups in total. The van der Waals surface area contributed by atoms with Crippen LogP contribution in [0.5, 0.6) is 5.75 Å². The second-order valence-electron chi connectivity index (χ2n) is 5.15. The Labute approximate surface area is 118 Å². The largest absolute Gasteiger partial charge is 0.483 e. The summed E-state index contributed by atoms with van der Waals surface area (Å²) in [5, 5.41) is 2.97. The van der Waals surface area contributed by atoms with E-state index in [2.05, 4.69) is 5.32 Å². The molecule has 0 bridgehead atoms. The third-order valence-electron chi connectivity index (χ3n) is 3.57. The van der Waals surface area contributed by atoms with Crippen molar-refractivity contribution in [3.63, 3.8) is 0 Å². The van der Waals surface area contributed by atoms with Gasteiger partial charge in [-0.25, -0.2) is 4.39 Å². The Morgan fingerprint density at radius 1 is 1.35 bits per heavy atom. The number of hydrogen-bond acceptors (Lipinski definition) is 3. The van der Waals surface area contributed by atoms with Crippen molar-refractivity contribution in [2.24, 2.45) is 5.73 Å². The minimum atomic E-state index is -0.357. The number of nitrogens with two attached hydrogens (primary N) is 1. The van der Waals surface area contributed by atoms with Gasteiger partial charge in [-0.1, -0.05) is 19.3 Å². The van der Waals surface area contributed by atoms with Gasteiger partial charge in [-0.05, 0) is 31.0 Å². The van der Waals surface area contributed by atoms with E-state index in [-0.39, 0.29) is 30.9 Å². The maximum Gasteiger partial charge on any atom is 0.258 e. The number of nitrogens with one attached hydrogen (secondary N) is 1. The number of rotatable bonds is 5. The molecule has 110 valence electrons. The average molecular weight is 280 g/mol.